The van der Waals surface area contributed by atoms with Gasteiger partial charge >= 0.3 is 6.16 Å². The van der Waals surface area contributed by atoms with E-state index in [2.05, 4.69) is 16.9 Å². The molecule has 0 amide bonds. The fraction of sp³-hybridized carbons (Fsp3) is 0.478. The van der Waals surface area contributed by atoms with Crippen LogP contribution in [0.1, 0.15) is 31.7 Å². The third-order valence-electron chi connectivity index (χ3n) is 7.77. The van der Waals surface area contributed by atoms with Crippen LogP contribution in [0.2, 0.25) is 0 Å². The average Bonchev–Trinajstić information content (AvgIpc) is 3.48. The molecule has 9 heteroatoms. The molecule has 7 nitrogen and oxygen atoms in total. The minimum Gasteiger partial charge on any atom is -0.449 e. The van der Waals surface area contributed by atoms with Gasteiger partial charge in [0, 0.05) is 30.6 Å². The molecule has 168 valence electrons. The zero-order valence-corrected chi connectivity index (χ0v) is 17.3. The lowest BCUT2D eigenvalue weighted by Crippen LogP contribution is -2.55. The molecule has 1 aromatic heterocycles. The number of hydrogen-bond acceptors (Lipinski definition) is 5. The second-order valence-corrected chi connectivity index (χ2v) is 9.60. The minimum atomic E-state index is -1.65. The van der Waals surface area contributed by atoms with Gasteiger partial charge in [0.1, 0.15) is 11.5 Å². The Bertz CT molecular complexity index is 1250. The Hall–Kier alpha value is -2.94. The fourth-order valence-electron chi connectivity index (χ4n) is 6.08. The van der Waals surface area contributed by atoms with Crippen LogP contribution in [-0.2, 0) is 0 Å². The molecule has 2 aromatic rings. The van der Waals surface area contributed by atoms with Crippen molar-refractivity contribution in [1.82, 2.24) is 4.57 Å². The van der Waals surface area contributed by atoms with Gasteiger partial charge in [-0.1, -0.05) is 12.2 Å². The van der Waals surface area contributed by atoms with E-state index in [9.17, 15) is 9.59 Å². The Labute approximate surface area is 182 Å². The zero-order valence-electron chi connectivity index (χ0n) is 17.3. The summed E-state index contributed by atoms with van der Waals surface area (Å²) in [6.45, 7) is 0.959. The number of nitrogens with zero attached hydrogens (tertiary/aromatic N) is 2. The fourth-order valence-corrected chi connectivity index (χ4v) is 6.08. The molecule has 2 heterocycles. The van der Waals surface area contributed by atoms with E-state index in [1.54, 1.807) is 4.90 Å². The van der Waals surface area contributed by atoms with Crippen molar-refractivity contribution in [3.8, 4) is 5.75 Å². The van der Waals surface area contributed by atoms with Crippen LogP contribution in [0.4, 0.5) is 19.3 Å². The smallest absolute Gasteiger partial charge is 0.449 e. The van der Waals surface area contributed by atoms with E-state index in [1.165, 1.54) is 10.8 Å². The molecule has 5 aliphatic rings. The highest BCUT2D eigenvalue weighted by molar-refractivity contribution is 5.86. The number of allylic oxidation sites excluding steroid dienone is 1. The van der Waals surface area contributed by atoms with E-state index < -0.39 is 34.5 Å². The molecule has 3 N–H and O–H groups in total. The number of carbonyl (C=O) groups is 1. The van der Waals surface area contributed by atoms with Gasteiger partial charge in [0.05, 0.1) is 17.1 Å². The maximum absolute atomic E-state index is 15.9. The summed E-state index contributed by atoms with van der Waals surface area (Å²) in [4.78, 5) is 25.5. The second-order valence-electron chi connectivity index (χ2n) is 9.60. The van der Waals surface area contributed by atoms with Crippen LogP contribution in [0, 0.1) is 29.4 Å². The van der Waals surface area contributed by atoms with Crippen molar-refractivity contribution < 1.29 is 23.4 Å². The molecule has 2 bridgehead atoms. The van der Waals surface area contributed by atoms with Crippen molar-refractivity contribution in [2.75, 3.05) is 18.0 Å². The Morgan fingerprint density at radius 1 is 1.25 bits per heavy atom. The molecule has 1 aliphatic heterocycles. The Balaban J connectivity index is 1.49. The molecule has 1 saturated heterocycles. The maximum Gasteiger partial charge on any atom is 0.511 e. The van der Waals surface area contributed by atoms with Crippen molar-refractivity contribution in [1.29, 1.82) is 0 Å². The van der Waals surface area contributed by atoms with Gasteiger partial charge in [-0.05, 0) is 43.6 Å². The summed E-state index contributed by atoms with van der Waals surface area (Å²) >= 11 is 0. The number of anilines is 1. The quantitative estimate of drug-likeness (QED) is 0.558. The predicted molar refractivity (Wildman–Crippen MR) is 113 cm³/mol. The lowest BCUT2D eigenvalue weighted by molar-refractivity contribution is 0.139. The van der Waals surface area contributed by atoms with Crippen molar-refractivity contribution in [3.63, 3.8) is 0 Å². The monoisotopic (exact) mass is 443 g/mol. The van der Waals surface area contributed by atoms with Crippen LogP contribution in [-0.4, -0.2) is 34.5 Å². The predicted octanol–water partition coefficient (Wildman–Crippen LogP) is 3.40. The molecule has 4 atom stereocenters. The SMILES string of the molecule is NC12C=CC(CC1)C1CN(c3c(F)cc4c(=O)c(OC(=O)O)cn(C5CC5)c4c3F)CC12. The molecule has 0 spiro atoms. The number of rotatable bonds is 3. The molecule has 0 radical (unpaired) electrons. The van der Waals surface area contributed by atoms with Crippen molar-refractivity contribution in [2.45, 2.75) is 37.3 Å². The molecule has 4 unspecified atom stereocenters. The summed E-state index contributed by atoms with van der Waals surface area (Å²) in [5.41, 5.74) is 5.18. The first-order chi connectivity index (χ1) is 15.3. The zero-order chi connectivity index (χ0) is 22.4. The van der Waals surface area contributed by atoms with Crippen LogP contribution >= 0.6 is 0 Å². The normalized spacial score (nSPS) is 30.7. The number of benzene rings is 1. The Kier molecular flexibility index (Phi) is 4.03. The van der Waals surface area contributed by atoms with Gasteiger partial charge < -0.3 is 25.0 Å². The molecule has 32 heavy (non-hydrogen) atoms. The highest BCUT2D eigenvalue weighted by Gasteiger charge is 2.53. The highest BCUT2D eigenvalue weighted by atomic mass is 19.1. The molecule has 4 aliphatic carbocycles. The number of aromatic nitrogens is 1. The summed E-state index contributed by atoms with van der Waals surface area (Å²) in [6.07, 6.45) is 7.16. The lowest BCUT2D eigenvalue weighted by Gasteiger charge is -2.47. The molecular weight excluding hydrogens is 420 g/mol. The summed E-state index contributed by atoms with van der Waals surface area (Å²) < 4.78 is 37.4. The Morgan fingerprint density at radius 3 is 2.66 bits per heavy atom. The summed E-state index contributed by atoms with van der Waals surface area (Å²) in [6, 6.07) is 0.923. The highest BCUT2D eigenvalue weighted by Crippen LogP contribution is 2.51. The summed E-state index contributed by atoms with van der Waals surface area (Å²) in [7, 11) is 0. The van der Waals surface area contributed by atoms with E-state index >= 15 is 8.78 Å². The van der Waals surface area contributed by atoms with Gasteiger partial charge in [0.15, 0.2) is 11.6 Å². The summed E-state index contributed by atoms with van der Waals surface area (Å²) in [5, 5.41) is 8.72. The van der Waals surface area contributed by atoms with E-state index in [1.807, 2.05) is 0 Å². The average molecular weight is 443 g/mol. The Morgan fingerprint density at radius 2 is 2.03 bits per heavy atom. The number of halogens is 2. The molecular formula is C23H23F2N3O4. The molecule has 7 rings (SSSR count). The first-order valence-electron chi connectivity index (χ1n) is 11.0. The first kappa shape index (κ1) is 19.7. The van der Waals surface area contributed by atoms with Gasteiger partial charge in [-0.3, -0.25) is 4.79 Å². The van der Waals surface area contributed by atoms with Crippen molar-refractivity contribution in [3.05, 3.63) is 46.3 Å². The van der Waals surface area contributed by atoms with E-state index in [0.717, 1.165) is 31.7 Å². The van der Waals surface area contributed by atoms with Gasteiger partial charge in [0.25, 0.3) is 0 Å². The molecule has 1 aromatic carbocycles. The van der Waals surface area contributed by atoms with Crippen LogP contribution < -0.4 is 20.8 Å². The van der Waals surface area contributed by atoms with Crippen LogP contribution in [0.25, 0.3) is 10.9 Å². The molecule has 3 fully saturated rings. The lowest BCUT2D eigenvalue weighted by atomic mass is 9.60. The number of pyridine rings is 1. The van der Waals surface area contributed by atoms with E-state index in [0.29, 0.717) is 19.0 Å². The maximum atomic E-state index is 15.9. The van der Waals surface area contributed by atoms with Crippen LogP contribution in [0.15, 0.2) is 29.2 Å². The van der Waals surface area contributed by atoms with Gasteiger partial charge in [-0.25, -0.2) is 13.6 Å². The third-order valence-corrected chi connectivity index (χ3v) is 7.77. The number of carboxylic acid groups (broad SMARTS) is 1. The number of fused-ring (bicyclic) bond motifs is 2. The van der Waals surface area contributed by atoms with Crippen molar-refractivity contribution >= 4 is 22.7 Å². The molecule has 2 saturated carbocycles. The third kappa shape index (κ3) is 2.73. The van der Waals surface area contributed by atoms with Gasteiger partial charge in [0.2, 0.25) is 5.43 Å². The summed E-state index contributed by atoms with van der Waals surface area (Å²) in [5.74, 6) is -1.36. The van der Waals surface area contributed by atoms with Crippen LogP contribution in [0.3, 0.4) is 0 Å². The first-order valence-corrected chi connectivity index (χ1v) is 11.0. The van der Waals surface area contributed by atoms with Gasteiger partial charge in [-0.15, -0.1) is 0 Å². The minimum absolute atomic E-state index is 0.00920. The number of nitrogens with two attached hydrogens (primary N) is 1. The van der Waals surface area contributed by atoms with E-state index in [-0.39, 0.29) is 34.5 Å². The standard InChI is InChI=1S/C23H23F2N3O4/c24-16-7-13-19(28(12-1-2-12)10-17(21(13)29)32-22(30)31)18(25)20(16)27-8-14-11-3-5-23(26,6-4-11)15(14)9-27/h3,5,7,10-12,14-15H,1-2,4,6,8-9,26H2,(H,30,31). The largest absolute Gasteiger partial charge is 0.511 e. The van der Waals surface area contributed by atoms with Gasteiger partial charge in [-0.2, -0.15) is 0 Å². The second kappa shape index (κ2) is 6.54. The topological polar surface area (TPSA) is 97.8 Å². The van der Waals surface area contributed by atoms with Crippen molar-refractivity contribution in [2.24, 2.45) is 23.5 Å². The van der Waals surface area contributed by atoms with E-state index in [4.69, 9.17) is 10.8 Å². The number of hydrogen-bond donors (Lipinski definition) is 2. The number of ether oxygens (including phenoxy) is 1. The van der Waals surface area contributed by atoms with Crippen LogP contribution in [0.5, 0.6) is 5.75 Å².